The summed E-state index contributed by atoms with van der Waals surface area (Å²) in [5.74, 6) is -1.29. The van der Waals surface area contributed by atoms with E-state index >= 15 is 0 Å². The number of amides is 3. The van der Waals surface area contributed by atoms with Gasteiger partial charge in [0.15, 0.2) is 0 Å². The van der Waals surface area contributed by atoms with Gasteiger partial charge in [0, 0.05) is 13.1 Å². The molecule has 2 fully saturated rings. The quantitative estimate of drug-likeness (QED) is 0.506. The van der Waals surface area contributed by atoms with Crippen LogP contribution in [0.15, 0.2) is 29.2 Å². The number of nitrogens with zero attached hydrogens (tertiary/aromatic N) is 2. The van der Waals surface area contributed by atoms with Gasteiger partial charge < -0.3 is 14.8 Å². The number of morpholine rings is 1. The minimum absolute atomic E-state index is 0.101. The molecule has 0 radical (unpaired) electrons. The lowest BCUT2D eigenvalue weighted by molar-refractivity contribution is -0.148. The molecule has 10 nitrogen and oxygen atoms in total. The first-order valence-corrected chi connectivity index (χ1v) is 10.5. The fourth-order valence-electron chi connectivity index (χ4n) is 3.03. The molecule has 158 valence electrons. The van der Waals surface area contributed by atoms with Crippen LogP contribution in [0.2, 0.25) is 0 Å². The van der Waals surface area contributed by atoms with Crippen molar-refractivity contribution in [2.45, 2.75) is 30.9 Å². The van der Waals surface area contributed by atoms with Crippen LogP contribution in [0, 0.1) is 0 Å². The fraction of sp³-hybridized carbons (Fsp3) is 0.500. The molecule has 29 heavy (non-hydrogen) atoms. The van der Waals surface area contributed by atoms with Crippen LogP contribution in [0.25, 0.3) is 0 Å². The topological polar surface area (TPSA) is 122 Å². The zero-order valence-corrected chi connectivity index (χ0v) is 17.0. The minimum atomic E-state index is -3.66. The van der Waals surface area contributed by atoms with Gasteiger partial charge in [-0.2, -0.15) is 4.31 Å². The van der Waals surface area contributed by atoms with E-state index in [1.807, 2.05) is 0 Å². The lowest BCUT2D eigenvalue weighted by Gasteiger charge is -2.26. The first-order valence-electron chi connectivity index (χ1n) is 9.08. The van der Waals surface area contributed by atoms with Gasteiger partial charge >= 0.3 is 12.0 Å². The number of ether oxygens (including phenoxy) is 2. The van der Waals surface area contributed by atoms with Crippen LogP contribution in [-0.2, 0) is 35.7 Å². The molecule has 3 rings (SSSR count). The van der Waals surface area contributed by atoms with Gasteiger partial charge in [0.1, 0.15) is 18.7 Å². The molecule has 3 amide bonds. The second-order valence-corrected chi connectivity index (χ2v) is 9.21. The Kier molecular flexibility index (Phi) is 5.92. The normalized spacial score (nSPS) is 19.9. The molecule has 0 aliphatic carbocycles. The molecule has 0 spiro atoms. The third kappa shape index (κ3) is 4.57. The summed E-state index contributed by atoms with van der Waals surface area (Å²) in [4.78, 5) is 36.9. The molecule has 0 saturated carbocycles. The summed E-state index contributed by atoms with van der Waals surface area (Å²) in [5, 5.41) is 2.48. The van der Waals surface area contributed by atoms with Crippen molar-refractivity contribution < 1.29 is 32.3 Å². The Labute approximate surface area is 168 Å². The number of esters is 1. The van der Waals surface area contributed by atoms with Crippen molar-refractivity contribution in [2.75, 3.05) is 32.8 Å². The van der Waals surface area contributed by atoms with E-state index < -0.39 is 40.0 Å². The Balaban J connectivity index is 1.61. The molecule has 2 aliphatic rings. The number of nitrogens with one attached hydrogen (secondary N) is 1. The number of sulfonamides is 1. The van der Waals surface area contributed by atoms with Gasteiger partial charge in [0.25, 0.3) is 5.91 Å². The predicted octanol–water partition coefficient (Wildman–Crippen LogP) is 0.0811. The lowest BCUT2D eigenvalue weighted by atomic mass is 10.1. The molecule has 0 aromatic heterocycles. The summed E-state index contributed by atoms with van der Waals surface area (Å²) in [5.41, 5.74) is -0.593. The van der Waals surface area contributed by atoms with Crippen molar-refractivity contribution in [1.82, 2.24) is 14.5 Å². The van der Waals surface area contributed by atoms with Crippen molar-refractivity contribution in [3.8, 4) is 0 Å². The zero-order valence-electron chi connectivity index (χ0n) is 16.2. The highest BCUT2D eigenvalue weighted by Gasteiger charge is 2.45. The van der Waals surface area contributed by atoms with Gasteiger partial charge in [-0.3, -0.25) is 14.5 Å². The molecule has 0 unspecified atom stereocenters. The average molecular weight is 425 g/mol. The highest BCUT2D eigenvalue weighted by Crippen LogP contribution is 2.19. The zero-order chi connectivity index (χ0) is 21.2. The minimum Gasteiger partial charge on any atom is -0.459 e. The maximum Gasteiger partial charge on any atom is 0.326 e. The first-order chi connectivity index (χ1) is 13.6. The van der Waals surface area contributed by atoms with Crippen molar-refractivity contribution >= 4 is 27.9 Å². The molecule has 11 heteroatoms. The number of carbonyl (C=O) groups excluding carboxylic acids is 3. The number of imide groups is 1. The largest absolute Gasteiger partial charge is 0.459 e. The lowest BCUT2D eigenvalue weighted by Crippen LogP contribution is -2.41. The smallest absolute Gasteiger partial charge is 0.326 e. The van der Waals surface area contributed by atoms with E-state index in [-0.39, 0.29) is 24.6 Å². The van der Waals surface area contributed by atoms with Crippen LogP contribution in [0.4, 0.5) is 4.79 Å². The summed E-state index contributed by atoms with van der Waals surface area (Å²) >= 11 is 0. The van der Waals surface area contributed by atoms with Crippen molar-refractivity contribution in [3.05, 3.63) is 29.8 Å². The fourth-order valence-corrected chi connectivity index (χ4v) is 4.51. The van der Waals surface area contributed by atoms with Gasteiger partial charge in [-0.15, -0.1) is 0 Å². The number of benzene rings is 1. The van der Waals surface area contributed by atoms with E-state index in [9.17, 15) is 22.8 Å². The van der Waals surface area contributed by atoms with E-state index in [0.29, 0.717) is 18.8 Å². The standard InChI is InChI=1S/C18H23N3O7S/c1-18(2)16(23)21(17(24)19-18)11-15(22)28-12-13-4-3-5-14(10-13)29(25,26)20-6-8-27-9-7-20/h3-5,10H,6-9,11-12H2,1-2H3,(H,19,24). The van der Waals surface area contributed by atoms with Crippen molar-refractivity contribution in [2.24, 2.45) is 0 Å². The SMILES string of the molecule is CC1(C)NC(=O)N(CC(=O)OCc2cccc(S(=O)(=O)N3CCOCC3)c2)C1=O. The second kappa shape index (κ2) is 8.09. The van der Waals surface area contributed by atoms with E-state index in [4.69, 9.17) is 9.47 Å². The molecular weight excluding hydrogens is 402 g/mol. The van der Waals surface area contributed by atoms with E-state index in [1.54, 1.807) is 26.0 Å². The Morgan fingerprint density at radius 2 is 1.93 bits per heavy atom. The van der Waals surface area contributed by atoms with E-state index in [0.717, 1.165) is 4.90 Å². The molecule has 2 heterocycles. The maximum absolute atomic E-state index is 12.7. The number of rotatable bonds is 6. The van der Waals surface area contributed by atoms with Gasteiger partial charge in [-0.05, 0) is 31.5 Å². The van der Waals surface area contributed by atoms with Crippen molar-refractivity contribution in [1.29, 1.82) is 0 Å². The maximum atomic E-state index is 12.7. The highest BCUT2D eigenvalue weighted by atomic mass is 32.2. The van der Waals surface area contributed by atoms with Gasteiger partial charge in [0.2, 0.25) is 10.0 Å². The molecular formula is C18H23N3O7S. The third-order valence-corrected chi connectivity index (χ3v) is 6.53. The van der Waals surface area contributed by atoms with Crippen molar-refractivity contribution in [3.63, 3.8) is 0 Å². The molecule has 2 saturated heterocycles. The van der Waals surface area contributed by atoms with Crippen LogP contribution in [-0.4, -0.2) is 73.9 Å². The second-order valence-electron chi connectivity index (χ2n) is 7.27. The Morgan fingerprint density at radius 3 is 2.55 bits per heavy atom. The van der Waals surface area contributed by atoms with Crippen LogP contribution >= 0.6 is 0 Å². The van der Waals surface area contributed by atoms with E-state index in [2.05, 4.69) is 5.32 Å². The molecule has 2 aliphatic heterocycles. The Morgan fingerprint density at radius 1 is 1.24 bits per heavy atom. The van der Waals surface area contributed by atoms with Gasteiger partial charge in [-0.25, -0.2) is 13.2 Å². The van der Waals surface area contributed by atoms with Crippen LogP contribution in [0.1, 0.15) is 19.4 Å². The number of hydrogen-bond donors (Lipinski definition) is 1. The summed E-state index contributed by atoms with van der Waals surface area (Å²) in [6.07, 6.45) is 0. The summed E-state index contributed by atoms with van der Waals surface area (Å²) in [6.45, 7) is 3.63. The number of hydrogen-bond acceptors (Lipinski definition) is 7. The predicted molar refractivity (Wildman–Crippen MR) is 100 cm³/mol. The molecule has 1 aromatic rings. The summed E-state index contributed by atoms with van der Waals surface area (Å²) in [7, 11) is -3.66. The summed E-state index contributed by atoms with van der Waals surface area (Å²) < 4.78 is 37.1. The highest BCUT2D eigenvalue weighted by molar-refractivity contribution is 7.89. The molecule has 1 aromatic carbocycles. The van der Waals surface area contributed by atoms with E-state index in [1.165, 1.54) is 16.4 Å². The summed E-state index contributed by atoms with van der Waals surface area (Å²) in [6, 6.07) is 5.45. The van der Waals surface area contributed by atoms with Gasteiger partial charge in [-0.1, -0.05) is 12.1 Å². The third-order valence-electron chi connectivity index (χ3n) is 4.64. The molecule has 0 bridgehead atoms. The molecule has 0 atom stereocenters. The van der Waals surface area contributed by atoms with Crippen LogP contribution < -0.4 is 5.32 Å². The Bertz CT molecular complexity index is 923. The molecule has 1 N–H and O–H groups in total. The van der Waals surface area contributed by atoms with Crippen LogP contribution in [0.5, 0.6) is 0 Å². The number of carbonyl (C=O) groups is 3. The van der Waals surface area contributed by atoms with Gasteiger partial charge in [0.05, 0.1) is 18.1 Å². The number of urea groups is 1. The monoisotopic (exact) mass is 425 g/mol. The van der Waals surface area contributed by atoms with Crippen LogP contribution in [0.3, 0.4) is 0 Å². The Hall–Kier alpha value is -2.50. The average Bonchev–Trinajstić information content (AvgIpc) is 2.89. The first kappa shape index (κ1) is 21.2.